The van der Waals surface area contributed by atoms with Gasteiger partial charge in [0.25, 0.3) is 0 Å². The Balaban J connectivity index is 1.68. The first-order chi connectivity index (χ1) is 11.1. The molecule has 0 spiro atoms. The van der Waals surface area contributed by atoms with Gasteiger partial charge in [-0.25, -0.2) is 4.98 Å². The van der Waals surface area contributed by atoms with Crippen molar-refractivity contribution in [2.45, 2.75) is 17.8 Å². The maximum Gasteiger partial charge on any atom is 0.223 e. The zero-order chi connectivity index (χ0) is 16.2. The highest BCUT2D eigenvalue weighted by atomic mass is 32.2. The molecule has 0 aliphatic heterocycles. The molecule has 118 valence electrons. The minimum absolute atomic E-state index is 0.118. The molecule has 1 N–H and O–H groups in total. The van der Waals surface area contributed by atoms with Crippen LogP contribution in [0.15, 0.2) is 35.1 Å². The summed E-state index contributed by atoms with van der Waals surface area (Å²) >= 11 is 2.96. The summed E-state index contributed by atoms with van der Waals surface area (Å²) in [5.41, 5.74) is 1.82. The van der Waals surface area contributed by atoms with Gasteiger partial charge in [0.2, 0.25) is 5.91 Å². The molecule has 0 atom stereocenters. The standard InChI is InChI=1S/C14H14N6OS2/c1-9(21)16-13-17-11(7-22-13)8-23-14-19-18-12(20(14)2)10-4-3-5-15-6-10/h3-7H,8H2,1-2H3,(H,16,17,21). The third-order valence-corrected chi connectivity index (χ3v) is 4.80. The number of anilines is 1. The summed E-state index contributed by atoms with van der Waals surface area (Å²) in [5, 5.41) is 14.5. The Morgan fingerprint density at radius 2 is 2.30 bits per heavy atom. The Bertz CT molecular complexity index is 814. The number of hydrogen-bond acceptors (Lipinski definition) is 7. The van der Waals surface area contributed by atoms with Crippen molar-refractivity contribution in [1.82, 2.24) is 24.7 Å². The molecule has 0 saturated heterocycles. The number of amides is 1. The summed E-state index contributed by atoms with van der Waals surface area (Å²) in [6.07, 6.45) is 3.49. The topological polar surface area (TPSA) is 85.6 Å². The number of thioether (sulfide) groups is 1. The monoisotopic (exact) mass is 346 g/mol. The van der Waals surface area contributed by atoms with Crippen molar-refractivity contribution in [3.05, 3.63) is 35.6 Å². The normalized spacial score (nSPS) is 10.7. The molecule has 23 heavy (non-hydrogen) atoms. The minimum atomic E-state index is -0.118. The Morgan fingerprint density at radius 3 is 3.04 bits per heavy atom. The molecular formula is C14H14N6OS2. The number of thiazole rings is 1. The van der Waals surface area contributed by atoms with Crippen LogP contribution in [-0.2, 0) is 17.6 Å². The van der Waals surface area contributed by atoms with Crippen LogP contribution < -0.4 is 5.32 Å². The van der Waals surface area contributed by atoms with Crippen molar-refractivity contribution in [3.8, 4) is 11.4 Å². The van der Waals surface area contributed by atoms with E-state index in [9.17, 15) is 4.79 Å². The highest BCUT2D eigenvalue weighted by molar-refractivity contribution is 7.98. The van der Waals surface area contributed by atoms with Crippen LogP contribution in [0.5, 0.6) is 0 Å². The van der Waals surface area contributed by atoms with Gasteiger partial charge in [0, 0.05) is 43.1 Å². The van der Waals surface area contributed by atoms with E-state index in [0.29, 0.717) is 10.9 Å². The van der Waals surface area contributed by atoms with E-state index < -0.39 is 0 Å². The number of aromatic nitrogens is 5. The number of nitrogens with zero attached hydrogens (tertiary/aromatic N) is 5. The fourth-order valence-corrected chi connectivity index (χ4v) is 3.57. The Morgan fingerprint density at radius 1 is 1.43 bits per heavy atom. The van der Waals surface area contributed by atoms with Crippen molar-refractivity contribution in [2.75, 3.05) is 5.32 Å². The molecule has 0 radical (unpaired) electrons. The highest BCUT2D eigenvalue weighted by Gasteiger charge is 2.12. The molecule has 0 saturated carbocycles. The van der Waals surface area contributed by atoms with Crippen molar-refractivity contribution in [1.29, 1.82) is 0 Å². The maximum absolute atomic E-state index is 11.0. The third-order valence-electron chi connectivity index (χ3n) is 2.94. The van der Waals surface area contributed by atoms with Gasteiger partial charge in [-0.3, -0.25) is 9.78 Å². The van der Waals surface area contributed by atoms with Crippen molar-refractivity contribution in [2.24, 2.45) is 7.05 Å². The molecule has 3 aromatic rings. The lowest BCUT2D eigenvalue weighted by atomic mass is 10.3. The molecule has 0 aliphatic rings. The lowest BCUT2D eigenvalue weighted by molar-refractivity contribution is -0.114. The second kappa shape index (κ2) is 6.88. The largest absolute Gasteiger partial charge is 0.305 e. The van der Waals surface area contributed by atoms with Crippen LogP contribution in [-0.4, -0.2) is 30.6 Å². The number of rotatable bonds is 5. The molecule has 0 fully saturated rings. The van der Waals surface area contributed by atoms with E-state index in [1.54, 1.807) is 24.2 Å². The first kappa shape index (κ1) is 15.6. The van der Waals surface area contributed by atoms with Gasteiger partial charge in [-0.2, -0.15) is 0 Å². The molecule has 7 nitrogen and oxygen atoms in total. The molecule has 9 heteroatoms. The lowest BCUT2D eigenvalue weighted by Gasteiger charge is -2.02. The van der Waals surface area contributed by atoms with Crippen LogP contribution >= 0.6 is 23.1 Å². The zero-order valence-electron chi connectivity index (χ0n) is 12.6. The van der Waals surface area contributed by atoms with Gasteiger partial charge in [0.05, 0.1) is 5.69 Å². The second-order valence-corrected chi connectivity index (χ2v) is 6.52. The number of nitrogens with one attached hydrogen (secondary N) is 1. The van der Waals surface area contributed by atoms with Gasteiger partial charge >= 0.3 is 0 Å². The number of carbonyl (C=O) groups is 1. The van der Waals surface area contributed by atoms with Gasteiger partial charge in [-0.1, -0.05) is 11.8 Å². The average Bonchev–Trinajstić information content (AvgIpc) is 3.12. The van der Waals surface area contributed by atoms with Gasteiger partial charge in [0.1, 0.15) is 0 Å². The Kier molecular flexibility index (Phi) is 4.68. The average molecular weight is 346 g/mol. The molecule has 0 bridgehead atoms. The molecule has 3 heterocycles. The predicted octanol–water partition coefficient (Wildman–Crippen LogP) is 2.58. The summed E-state index contributed by atoms with van der Waals surface area (Å²) in [6, 6.07) is 3.82. The fraction of sp³-hybridized carbons (Fsp3) is 0.214. The number of carbonyl (C=O) groups excluding carboxylic acids is 1. The first-order valence-electron chi connectivity index (χ1n) is 6.78. The van der Waals surface area contributed by atoms with Crippen LogP contribution in [0.2, 0.25) is 0 Å². The van der Waals surface area contributed by atoms with Crippen LogP contribution in [0.25, 0.3) is 11.4 Å². The smallest absolute Gasteiger partial charge is 0.223 e. The summed E-state index contributed by atoms with van der Waals surface area (Å²) in [6.45, 7) is 1.47. The maximum atomic E-state index is 11.0. The Labute approximate surface area is 141 Å². The van der Waals surface area contributed by atoms with Crippen LogP contribution in [0.4, 0.5) is 5.13 Å². The zero-order valence-corrected chi connectivity index (χ0v) is 14.2. The van der Waals surface area contributed by atoms with Gasteiger partial charge < -0.3 is 9.88 Å². The van der Waals surface area contributed by atoms with Gasteiger partial charge in [-0.05, 0) is 12.1 Å². The van der Waals surface area contributed by atoms with Crippen LogP contribution in [0.1, 0.15) is 12.6 Å². The minimum Gasteiger partial charge on any atom is -0.305 e. The van der Waals surface area contributed by atoms with Crippen LogP contribution in [0.3, 0.4) is 0 Å². The second-order valence-electron chi connectivity index (χ2n) is 4.72. The highest BCUT2D eigenvalue weighted by Crippen LogP contribution is 2.26. The quantitative estimate of drug-likeness (QED) is 0.715. The molecule has 3 aromatic heterocycles. The summed E-state index contributed by atoms with van der Waals surface area (Å²) in [4.78, 5) is 19.5. The Hall–Kier alpha value is -2.26. The van der Waals surface area contributed by atoms with E-state index in [0.717, 1.165) is 22.2 Å². The van der Waals surface area contributed by atoms with E-state index in [2.05, 4.69) is 25.5 Å². The number of hydrogen-bond donors (Lipinski definition) is 1. The molecule has 0 aliphatic carbocycles. The van der Waals surface area contributed by atoms with Crippen molar-refractivity contribution < 1.29 is 4.79 Å². The molecule has 0 unspecified atom stereocenters. The molecular weight excluding hydrogens is 332 g/mol. The van der Waals surface area contributed by atoms with E-state index in [1.165, 1.54) is 18.3 Å². The fourth-order valence-electron chi connectivity index (χ4n) is 1.91. The molecule has 3 rings (SSSR count). The summed E-state index contributed by atoms with van der Waals surface area (Å²) < 4.78 is 1.93. The van der Waals surface area contributed by atoms with E-state index in [-0.39, 0.29) is 5.91 Å². The van der Waals surface area contributed by atoms with Gasteiger partial charge in [-0.15, -0.1) is 21.5 Å². The van der Waals surface area contributed by atoms with Gasteiger partial charge in [0.15, 0.2) is 16.1 Å². The number of pyridine rings is 1. The van der Waals surface area contributed by atoms with Crippen molar-refractivity contribution >= 4 is 34.1 Å². The first-order valence-corrected chi connectivity index (χ1v) is 8.64. The predicted molar refractivity (Wildman–Crippen MR) is 90.2 cm³/mol. The van der Waals surface area contributed by atoms with Crippen molar-refractivity contribution in [3.63, 3.8) is 0 Å². The van der Waals surface area contributed by atoms with Crippen LogP contribution in [0, 0.1) is 0 Å². The lowest BCUT2D eigenvalue weighted by Crippen LogP contribution is -2.05. The molecule has 1 amide bonds. The third kappa shape index (κ3) is 3.74. The van der Waals surface area contributed by atoms with E-state index >= 15 is 0 Å². The SMILES string of the molecule is CC(=O)Nc1nc(CSc2nnc(-c3cccnc3)n2C)cs1. The van der Waals surface area contributed by atoms with E-state index in [4.69, 9.17) is 0 Å². The summed E-state index contributed by atoms with van der Waals surface area (Å²) in [7, 11) is 1.93. The molecule has 0 aromatic carbocycles. The summed E-state index contributed by atoms with van der Waals surface area (Å²) in [5.74, 6) is 1.32. The van der Waals surface area contributed by atoms with E-state index in [1.807, 2.05) is 29.1 Å².